The molecule has 0 fully saturated rings. The number of ether oxygens (including phenoxy) is 4. The van der Waals surface area contributed by atoms with E-state index in [9.17, 15) is 4.79 Å². The van der Waals surface area contributed by atoms with E-state index in [2.05, 4.69) is 0 Å². The van der Waals surface area contributed by atoms with Gasteiger partial charge < -0.3 is 18.9 Å². The number of rotatable bonds is 3. The second-order valence-corrected chi connectivity index (χ2v) is 4.57. The summed E-state index contributed by atoms with van der Waals surface area (Å²) in [5.74, 6) is 1.94. The van der Waals surface area contributed by atoms with Gasteiger partial charge in [0.2, 0.25) is 11.5 Å². The molecule has 1 atom stereocenters. The average molecular weight is 296 g/mol. The van der Waals surface area contributed by atoms with Gasteiger partial charge in [0.15, 0.2) is 17.3 Å². The van der Waals surface area contributed by atoms with Crippen molar-refractivity contribution in [2.75, 3.05) is 27.9 Å². The number of hydrogen-bond donors (Lipinski definition) is 0. The number of ketones is 1. The number of carbonyl (C=O) groups excluding carboxylic acids is 1. The first-order valence-corrected chi connectivity index (χ1v) is 7.11. The summed E-state index contributed by atoms with van der Waals surface area (Å²) in [4.78, 5) is 12.2. The van der Waals surface area contributed by atoms with E-state index in [1.807, 2.05) is 20.8 Å². The third-order valence-electron chi connectivity index (χ3n) is 3.13. The Hall–Kier alpha value is -1.91. The molecule has 0 radical (unpaired) electrons. The van der Waals surface area contributed by atoms with Crippen molar-refractivity contribution >= 4 is 5.78 Å². The molecule has 0 aromatic heterocycles. The van der Waals surface area contributed by atoms with Crippen molar-refractivity contribution in [1.82, 2.24) is 0 Å². The maximum absolute atomic E-state index is 12.2. The van der Waals surface area contributed by atoms with Gasteiger partial charge in [-0.05, 0) is 12.0 Å². The van der Waals surface area contributed by atoms with E-state index >= 15 is 0 Å². The monoisotopic (exact) mass is 296 g/mol. The van der Waals surface area contributed by atoms with Crippen molar-refractivity contribution in [3.8, 4) is 23.0 Å². The van der Waals surface area contributed by atoms with Gasteiger partial charge in [0, 0.05) is 6.42 Å². The first-order valence-electron chi connectivity index (χ1n) is 7.11. The molecule has 1 aliphatic heterocycles. The minimum atomic E-state index is 0.0271. The molecule has 1 heterocycles. The lowest BCUT2D eigenvalue weighted by Crippen LogP contribution is -2.07. The van der Waals surface area contributed by atoms with E-state index in [-0.39, 0.29) is 11.7 Å². The van der Waals surface area contributed by atoms with Gasteiger partial charge in [0.05, 0.1) is 33.5 Å². The van der Waals surface area contributed by atoms with E-state index in [0.717, 1.165) is 0 Å². The van der Waals surface area contributed by atoms with Gasteiger partial charge in [-0.25, -0.2) is 0 Å². The Morgan fingerprint density at radius 3 is 2.24 bits per heavy atom. The normalized spacial score (nSPS) is 16.7. The van der Waals surface area contributed by atoms with Crippen LogP contribution in [-0.4, -0.2) is 33.7 Å². The first-order chi connectivity index (χ1) is 10.1. The molecular weight excluding hydrogens is 272 g/mol. The van der Waals surface area contributed by atoms with E-state index in [0.29, 0.717) is 41.6 Å². The van der Waals surface area contributed by atoms with Crippen molar-refractivity contribution in [3.05, 3.63) is 11.6 Å². The maximum atomic E-state index is 12.2. The summed E-state index contributed by atoms with van der Waals surface area (Å²) in [5, 5.41) is 0. The van der Waals surface area contributed by atoms with Gasteiger partial charge in [0.25, 0.3) is 0 Å². The molecule has 2 rings (SSSR count). The van der Waals surface area contributed by atoms with Crippen LogP contribution < -0.4 is 18.9 Å². The molecule has 0 spiro atoms. The van der Waals surface area contributed by atoms with Crippen LogP contribution >= 0.6 is 0 Å². The molecule has 5 nitrogen and oxygen atoms in total. The highest BCUT2D eigenvalue weighted by atomic mass is 16.5. The van der Waals surface area contributed by atoms with Crippen LogP contribution in [0.4, 0.5) is 0 Å². The van der Waals surface area contributed by atoms with Crippen LogP contribution in [0.15, 0.2) is 6.07 Å². The number of carbonyl (C=O) groups is 1. The lowest BCUT2D eigenvalue weighted by Gasteiger charge is -2.17. The van der Waals surface area contributed by atoms with Gasteiger partial charge in [-0.1, -0.05) is 20.8 Å². The quantitative estimate of drug-likeness (QED) is 0.856. The summed E-state index contributed by atoms with van der Waals surface area (Å²) >= 11 is 0. The van der Waals surface area contributed by atoms with Crippen LogP contribution in [0.25, 0.3) is 0 Å². The SMILES string of the molecule is CC.COc1cc2c(c(OC)c1OC)OCC(C)CC2=O. The van der Waals surface area contributed by atoms with Gasteiger partial charge in [-0.15, -0.1) is 0 Å². The Balaban J connectivity index is 0.00000106. The second kappa shape index (κ2) is 7.76. The largest absolute Gasteiger partial charge is 0.493 e. The predicted molar refractivity (Wildman–Crippen MR) is 81.1 cm³/mol. The van der Waals surface area contributed by atoms with Gasteiger partial charge in [-0.3, -0.25) is 4.79 Å². The fourth-order valence-corrected chi connectivity index (χ4v) is 2.19. The van der Waals surface area contributed by atoms with Crippen LogP contribution in [0.5, 0.6) is 23.0 Å². The zero-order chi connectivity index (χ0) is 16.0. The van der Waals surface area contributed by atoms with Gasteiger partial charge >= 0.3 is 0 Å². The van der Waals surface area contributed by atoms with Crippen molar-refractivity contribution in [2.24, 2.45) is 5.92 Å². The minimum Gasteiger partial charge on any atom is -0.493 e. The van der Waals surface area contributed by atoms with Crippen molar-refractivity contribution in [2.45, 2.75) is 27.2 Å². The van der Waals surface area contributed by atoms with Crippen LogP contribution in [0.1, 0.15) is 37.6 Å². The zero-order valence-electron chi connectivity index (χ0n) is 13.6. The van der Waals surface area contributed by atoms with Crippen LogP contribution in [0.2, 0.25) is 0 Å². The number of Topliss-reactive ketones (excluding diaryl/α,β-unsaturated/α-hetero) is 1. The smallest absolute Gasteiger partial charge is 0.208 e. The van der Waals surface area contributed by atoms with Crippen molar-refractivity contribution in [3.63, 3.8) is 0 Å². The topological polar surface area (TPSA) is 54.0 Å². The Kier molecular flexibility index (Phi) is 6.34. The summed E-state index contributed by atoms with van der Waals surface area (Å²) in [7, 11) is 4.56. The minimum absolute atomic E-state index is 0.0271. The van der Waals surface area contributed by atoms with Crippen LogP contribution in [0.3, 0.4) is 0 Å². The molecule has 0 N–H and O–H groups in total. The summed E-state index contributed by atoms with van der Waals surface area (Å²) < 4.78 is 21.6. The molecule has 1 aromatic carbocycles. The fraction of sp³-hybridized carbons (Fsp3) is 0.562. The highest BCUT2D eigenvalue weighted by Gasteiger charge is 2.29. The molecular formula is C16H24O5. The lowest BCUT2D eigenvalue weighted by molar-refractivity contribution is 0.0966. The molecule has 118 valence electrons. The number of benzene rings is 1. The molecule has 0 saturated carbocycles. The van der Waals surface area contributed by atoms with Crippen molar-refractivity contribution in [1.29, 1.82) is 0 Å². The van der Waals surface area contributed by atoms with E-state index in [1.165, 1.54) is 21.3 Å². The second-order valence-electron chi connectivity index (χ2n) is 4.57. The molecule has 0 aliphatic carbocycles. The van der Waals surface area contributed by atoms with Crippen LogP contribution in [-0.2, 0) is 0 Å². The van der Waals surface area contributed by atoms with Gasteiger partial charge in [-0.2, -0.15) is 0 Å². The number of methoxy groups -OCH3 is 3. The summed E-state index contributed by atoms with van der Waals surface area (Å²) in [6, 6.07) is 1.65. The molecule has 0 saturated heterocycles. The third-order valence-corrected chi connectivity index (χ3v) is 3.13. The molecule has 0 amide bonds. The number of hydrogen-bond acceptors (Lipinski definition) is 5. The lowest BCUT2D eigenvalue weighted by atomic mass is 10.0. The molecule has 1 aliphatic rings. The van der Waals surface area contributed by atoms with Crippen LogP contribution in [0, 0.1) is 5.92 Å². The Morgan fingerprint density at radius 2 is 1.71 bits per heavy atom. The van der Waals surface area contributed by atoms with E-state index in [4.69, 9.17) is 18.9 Å². The Bertz CT molecular complexity index is 496. The fourth-order valence-electron chi connectivity index (χ4n) is 2.19. The number of fused-ring (bicyclic) bond motifs is 1. The first kappa shape index (κ1) is 17.1. The zero-order valence-corrected chi connectivity index (χ0v) is 13.6. The van der Waals surface area contributed by atoms with E-state index < -0.39 is 0 Å². The highest BCUT2D eigenvalue weighted by molar-refractivity contribution is 6.01. The third kappa shape index (κ3) is 3.40. The molecule has 21 heavy (non-hydrogen) atoms. The molecule has 1 aromatic rings. The summed E-state index contributed by atoms with van der Waals surface area (Å²) in [5.41, 5.74) is 0.485. The molecule has 1 unspecified atom stereocenters. The summed E-state index contributed by atoms with van der Waals surface area (Å²) in [6.45, 7) is 6.45. The Morgan fingerprint density at radius 1 is 1.10 bits per heavy atom. The Labute approximate surface area is 126 Å². The molecule has 0 bridgehead atoms. The van der Waals surface area contributed by atoms with Crippen molar-refractivity contribution < 1.29 is 23.7 Å². The maximum Gasteiger partial charge on any atom is 0.208 e. The molecule has 5 heteroatoms. The predicted octanol–water partition coefficient (Wildman–Crippen LogP) is 3.34. The summed E-state index contributed by atoms with van der Waals surface area (Å²) in [6.07, 6.45) is 0.450. The average Bonchev–Trinajstić information content (AvgIpc) is 2.66. The highest BCUT2D eigenvalue weighted by Crippen LogP contribution is 2.48. The standard InChI is InChI=1S/C14H18O5.C2H6/c1-8-5-10(15)9-6-11(16-2)13(17-3)14(18-4)12(9)19-7-8;1-2/h6,8H,5,7H2,1-4H3;1-2H3. The van der Waals surface area contributed by atoms with Gasteiger partial charge in [0.1, 0.15) is 0 Å². The van der Waals surface area contributed by atoms with E-state index in [1.54, 1.807) is 6.07 Å².